The third-order valence-electron chi connectivity index (χ3n) is 3.20. The number of hydrogen-bond acceptors (Lipinski definition) is 5. The minimum Gasteiger partial charge on any atom is -0.497 e. The van der Waals surface area contributed by atoms with Crippen molar-refractivity contribution in [1.82, 2.24) is 9.71 Å². The molecule has 0 saturated heterocycles. The number of methoxy groups -OCH3 is 2. The normalized spacial score (nSPS) is 12.7. The van der Waals surface area contributed by atoms with Crippen LogP contribution in [0.4, 0.5) is 0 Å². The van der Waals surface area contributed by atoms with Crippen LogP contribution in [0.25, 0.3) is 0 Å². The van der Waals surface area contributed by atoms with E-state index in [0.717, 1.165) is 5.56 Å². The molecule has 0 fully saturated rings. The molecule has 0 aliphatic heterocycles. The number of sulfonamides is 1. The maximum atomic E-state index is 12.5. The largest absolute Gasteiger partial charge is 0.497 e. The predicted molar refractivity (Wildman–Crippen MR) is 82.5 cm³/mol. The molecule has 0 saturated carbocycles. The lowest BCUT2D eigenvalue weighted by atomic mass is 10.1. The summed E-state index contributed by atoms with van der Waals surface area (Å²) in [5, 5.41) is 0. The summed E-state index contributed by atoms with van der Waals surface area (Å²) in [6.45, 7) is 1.77. The molecule has 0 amide bonds. The zero-order chi connectivity index (χ0) is 16.2. The minimum absolute atomic E-state index is 0.0664. The second kappa shape index (κ2) is 6.76. The maximum Gasteiger partial charge on any atom is 0.244 e. The van der Waals surface area contributed by atoms with Crippen LogP contribution in [0.15, 0.2) is 47.6 Å². The van der Waals surface area contributed by atoms with Gasteiger partial charge in [0, 0.05) is 24.5 Å². The van der Waals surface area contributed by atoms with Crippen molar-refractivity contribution in [2.75, 3.05) is 14.2 Å². The zero-order valence-electron chi connectivity index (χ0n) is 12.6. The lowest BCUT2D eigenvalue weighted by Crippen LogP contribution is -2.27. The van der Waals surface area contributed by atoms with Crippen molar-refractivity contribution < 1.29 is 17.9 Å². The summed E-state index contributed by atoms with van der Waals surface area (Å²) in [7, 11) is -0.803. The van der Waals surface area contributed by atoms with Crippen LogP contribution in [0.1, 0.15) is 18.5 Å². The molecule has 1 unspecified atom stereocenters. The minimum atomic E-state index is -3.73. The molecule has 0 spiro atoms. The van der Waals surface area contributed by atoms with E-state index in [4.69, 9.17) is 9.47 Å². The second-order valence-corrected chi connectivity index (χ2v) is 6.32. The fraction of sp³-hybridized carbons (Fsp3) is 0.267. The Morgan fingerprint density at radius 2 is 1.77 bits per heavy atom. The average Bonchev–Trinajstić information content (AvgIpc) is 2.54. The van der Waals surface area contributed by atoms with Crippen molar-refractivity contribution in [3.63, 3.8) is 0 Å². The molecule has 0 bridgehead atoms. The van der Waals surface area contributed by atoms with Crippen LogP contribution < -0.4 is 14.2 Å². The Morgan fingerprint density at radius 3 is 2.36 bits per heavy atom. The highest BCUT2D eigenvalue weighted by atomic mass is 32.2. The first-order chi connectivity index (χ1) is 10.5. The van der Waals surface area contributed by atoms with Crippen LogP contribution in [0, 0.1) is 0 Å². The van der Waals surface area contributed by atoms with Gasteiger partial charge in [-0.2, -0.15) is 0 Å². The van der Waals surface area contributed by atoms with Gasteiger partial charge in [0.1, 0.15) is 16.4 Å². The number of ether oxygens (including phenoxy) is 2. The lowest BCUT2D eigenvalue weighted by molar-refractivity contribution is 0.385. The first kappa shape index (κ1) is 16.3. The van der Waals surface area contributed by atoms with Gasteiger partial charge in [-0.3, -0.25) is 4.98 Å². The van der Waals surface area contributed by atoms with Crippen molar-refractivity contribution in [2.24, 2.45) is 0 Å². The van der Waals surface area contributed by atoms with Gasteiger partial charge in [0.25, 0.3) is 0 Å². The highest BCUT2D eigenvalue weighted by Gasteiger charge is 2.22. The van der Waals surface area contributed by atoms with E-state index in [1.807, 2.05) is 0 Å². The van der Waals surface area contributed by atoms with Crippen molar-refractivity contribution in [3.8, 4) is 11.5 Å². The Hall–Kier alpha value is -2.12. The second-order valence-electron chi connectivity index (χ2n) is 4.64. The van der Waals surface area contributed by atoms with Gasteiger partial charge in [0.05, 0.1) is 14.2 Å². The van der Waals surface area contributed by atoms with E-state index < -0.39 is 10.0 Å². The molecule has 1 atom stereocenters. The molecule has 0 radical (unpaired) electrons. The average molecular weight is 322 g/mol. The molecule has 22 heavy (non-hydrogen) atoms. The van der Waals surface area contributed by atoms with E-state index in [1.54, 1.807) is 37.5 Å². The van der Waals surface area contributed by atoms with E-state index in [0.29, 0.717) is 5.75 Å². The van der Waals surface area contributed by atoms with Crippen molar-refractivity contribution in [3.05, 3.63) is 48.3 Å². The quantitative estimate of drug-likeness (QED) is 0.881. The highest BCUT2D eigenvalue weighted by Crippen LogP contribution is 2.29. The van der Waals surface area contributed by atoms with Crippen LogP contribution in [0.2, 0.25) is 0 Å². The fourth-order valence-electron chi connectivity index (χ4n) is 2.01. The van der Waals surface area contributed by atoms with Gasteiger partial charge in [-0.05, 0) is 36.8 Å². The molecule has 7 heteroatoms. The molecule has 0 aliphatic carbocycles. The molecule has 2 aromatic rings. The summed E-state index contributed by atoms with van der Waals surface area (Å²) < 4.78 is 37.9. The van der Waals surface area contributed by atoms with E-state index in [1.165, 1.54) is 26.4 Å². The number of pyridine rings is 1. The van der Waals surface area contributed by atoms with E-state index in [-0.39, 0.29) is 16.7 Å². The molecular formula is C15H18N2O4S. The topological polar surface area (TPSA) is 77.5 Å². The molecule has 1 aromatic heterocycles. The Morgan fingerprint density at radius 1 is 1.09 bits per heavy atom. The van der Waals surface area contributed by atoms with Crippen LogP contribution in [0.3, 0.4) is 0 Å². The van der Waals surface area contributed by atoms with Crippen LogP contribution in [-0.4, -0.2) is 27.6 Å². The monoisotopic (exact) mass is 322 g/mol. The summed E-state index contributed by atoms with van der Waals surface area (Å²) in [5.41, 5.74) is 0.825. The number of hydrogen-bond donors (Lipinski definition) is 1. The summed E-state index contributed by atoms with van der Waals surface area (Å²) in [4.78, 5) is 3.98. The van der Waals surface area contributed by atoms with Gasteiger partial charge >= 0.3 is 0 Å². The zero-order valence-corrected chi connectivity index (χ0v) is 13.4. The fourth-order valence-corrected chi connectivity index (χ4v) is 3.40. The van der Waals surface area contributed by atoms with Crippen molar-refractivity contribution in [2.45, 2.75) is 17.9 Å². The number of aromatic nitrogens is 1. The van der Waals surface area contributed by atoms with Crippen LogP contribution >= 0.6 is 0 Å². The molecular weight excluding hydrogens is 304 g/mol. The Bertz CT molecular complexity index is 732. The SMILES string of the molecule is COc1ccc(S(=O)(=O)NC(C)c2ccncc2)c(OC)c1. The van der Waals surface area contributed by atoms with Crippen LogP contribution in [-0.2, 0) is 10.0 Å². The Labute approximate surface area is 130 Å². The predicted octanol–water partition coefficient (Wildman–Crippen LogP) is 2.14. The molecule has 0 aliphatic rings. The third-order valence-corrected chi connectivity index (χ3v) is 4.78. The Balaban J connectivity index is 2.31. The summed E-state index contributed by atoms with van der Waals surface area (Å²) in [6.07, 6.45) is 3.24. The third kappa shape index (κ3) is 3.55. The van der Waals surface area contributed by atoms with Crippen LogP contribution in [0.5, 0.6) is 11.5 Å². The molecule has 118 valence electrons. The number of nitrogens with zero attached hydrogens (tertiary/aromatic N) is 1. The van der Waals surface area contributed by atoms with Gasteiger partial charge in [-0.15, -0.1) is 0 Å². The van der Waals surface area contributed by atoms with E-state index in [9.17, 15) is 8.42 Å². The highest BCUT2D eigenvalue weighted by molar-refractivity contribution is 7.89. The number of rotatable bonds is 6. The van der Waals surface area contributed by atoms with Gasteiger partial charge in [0.2, 0.25) is 10.0 Å². The standard InChI is InChI=1S/C15H18N2O4S/c1-11(12-6-8-16-9-7-12)17-22(18,19)15-5-4-13(20-2)10-14(15)21-3/h4-11,17H,1-3H3. The Kier molecular flexibility index (Phi) is 4.99. The summed E-state index contributed by atoms with van der Waals surface area (Å²) in [6, 6.07) is 7.70. The van der Waals surface area contributed by atoms with E-state index in [2.05, 4.69) is 9.71 Å². The lowest BCUT2D eigenvalue weighted by Gasteiger charge is -2.16. The smallest absolute Gasteiger partial charge is 0.244 e. The molecule has 1 heterocycles. The van der Waals surface area contributed by atoms with Gasteiger partial charge in [-0.25, -0.2) is 13.1 Å². The molecule has 2 rings (SSSR count). The van der Waals surface area contributed by atoms with Gasteiger partial charge < -0.3 is 9.47 Å². The summed E-state index contributed by atoms with van der Waals surface area (Å²) >= 11 is 0. The maximum absolute atomic E-state index is 12.5. The van der Waals surface area contributed by atoms with Crippen molar-refractivity contribution >= 4 is 10.0 Å². The van der Waals surface area contributed by atoms with E-state index >= 15 is 0 Å². The van der Waals surface area contributed by atoms with Crippen molar-refractivity contribution in [1.29, 1.82) is 0 Å². The first-order valence-electron chi connectivity index (χ1n) is 6.62. The number of nitrogens with one attached hydrogen (secondary N) is 1. The first-order valence-corrected chi connectivity index (χ1v) is 8.10. The molecule has 1 aromatic carbocycles. The number of benzene rings is 1. The van der Waals surface area contributed by atoms with Gasteiger partial charge in [-0.1, -0.05) is 0 Å². The molecule has 6 nitrogen and oxygen atoms in total. The molecule has 1 N–H and O–H groups in total. The van der Waals surface area contributed by atoms with Gasteiger partial charge in [0.15, 0.2) is 0 Å². The summed E-state index contributed by atoms with van der Waals surface area (Å²) in [5.74, 6) is 0.756.